The van der Waals surface area contributed by atoms with Gasteiger partial charge in [-0.25, -0.2) is 0 Å². The zero-order valence-electron chi connectivity index (χ0n) is 17.3. The summed E-state index contributed by atoms with van der Waals surface area (Å²) < 4.78 is 11.5. The Balaban J connectivity index is 1.44. The SMILES string of the molecule is COc1cc(C(=O)NCCCN2CCCC(C(N)=O)C2)ccc1OC1CCCC1. The maximum atomic E-state index is 12.5. The molecule has 0 spiro atoms. The molecule has 1 aliphatic carbocycles. The highest BCUT2D eigenvalue weighted by Crippen LogP contribution is 2.32. The average Bonchev–Trinajstić information content (AvgIpc) is 3.24. The molecule has 1 unspecified atom stereocenters. The number of amides is 2. The molecule has 0 aromatic heterocycles. The Kier molecular flexibility index (Phi) is 7.75. The lowest BCUT2D eigenvalue weighted by Crippen LogP contribution is -2.42. The molecule has 1 heterocycles. The number of piperidine rings is 1. The number of nitrogens with two attached hydrogens (primary N) is 1. The van der Waals surface area contributed by atoms with Gasteiger partial charge in [0.25, 0.3) is 5.91 Å². The molecule has 0 bridgehead atoms. The van der Waals surface area contributed by atoms with E-state index in [0.29, 0.717) is 23.6 Å². The van der Waals surface area contributed by atoms with Gasteiger partial charge in [0.1, 0.15) is 0 Å². The fraction of sp³-hybridized carbons (Fsp3) is 0.636. The first-order valence-electron chi connectivity index (χ1n) is 10.7. The first-order chi connectivity index (χ1) is 14.1. The number of carbonyl (C=O) groups is 2. The Bertz CT molecular complexity index is 703. The second kappa shape index (κ2) is 10.5. The van der Waals surface area contributed by atoms with Crippen LogP contribution in [0.2, 0.25) is 0 Å². The van der Waals surface area contributed by atoms with Gasteiger partial charge in [0.2, 0.25) is 5.91 Å². The van der Waals surface area contributed by atoms with E-state index in [2.05, 4.69) is 10.2 Å². The number of hydrogen-bond donors (Lipinski definition) is 2. The summed E-state index contributed by atoms with van der Waals surface area (Å²) in [5.41, 5.74) is 5.99. The number of ether oxygens (including phenoxy) is 2. The standard InChI is InChI=1S/C22H33N3O4/c1-28-20-14-16(9-10-19(20)29-18-7-2-3-8-18)22(27)24-11-5-13-25-12-4-6-17(15-25)21(23)26/h9-10,14,17-18H,2-8,11-13,15H2,1H3,(H2,23,26)(H,24,27). The molecule has 0 radical (unpaired) electrons. The van der Waals surface area contributed by atoms with Gasteiger partial charge in [-0.2, -0.15) is 0 Å². The Labute approximate surface area is 172 Å². The highest BCUT2D eigenvalue weighted by Gasteiger charge is 2.23. The maximum Gasteiger partial charge on any atom is 0.251 e. The first kappa shape index (κ1) is 21.4. The molecule has 1 aromatic rings. The third-order valence-corrected chi connectivity index (χ3v) is 5.87. The highest BCUT2D eigenvalue weighted by atomic mass is 16.5. The Morgan fingerprint density at radius 1 is 1.17 bits per heavy atom. The summed E-state index contributed by atoms with van der Waals surface area (Å²) in [7, 11) is 1.59. The van der Waals surface area contributed by atoms with E-state index >= 15 is 0 Å². The van der Waals surface area contributed by atoms with Crippen molar-refractivity contribution in [3.8, 4) is 11.5 Å². The lowest BCUT2D eigenvalue weighted by atomic mass is 9.97. The van der Waals surface area contributed by atoms with Crippen molar-refractivity contribution in [1.29, 1.82) is 0 Å². The number of nitrogens with zero attached hydrogens (tertiary/aromatic N) is 1. The van der Waals surface area contributed by atoms with E-state index in [4.69, 9.17) is 15.2 Å². The summed E-state index contributed by atoms with van der Waals surface area (Å²) in [6, 6.07) is 5.34. The van der Waals surface area contributed by atoms with Gasteiger partial charge in [-0.15, -0.1) is 0 Å². The number of benzene rings is 1. The molecule has 1 saturated carbocycles. The summed E-state index contributed by atoms with van der Waals surface area (Å²) >= 11 is 0. The van der Waals surface area contributed by atoms with Gasteiger partial charge >= 0.3 is 0 Å². The zero-order valence-corrected chi connectivity index (χ0v) is 17.3. The van der Waals surface area contributed by atoms with Crippen LogP contribution in [0.4, 0.5) is 0 Å². The minimum atomic E-state index is -0.211. The summed E-state index contributed by atoms with van der Waals surface area (Å²) in [5, 5.41) is 2.96. The fourth-order valence-corrected chi connectivity index (χ4v) is 4.19. The van der Waals surface area contributed by atoms with Crippen LogP contribution in [-0.4, -0.2) is 56.1 Å². The molecular formula is C22H33N3O4. The molecule has 1 aliphatic heterocycles. The molecule has 1 saturated heterocycles. The molecule has 1 aromatic carbocycles. The first-order valence-corrected chi connectivity index (χ1v) is 10.7. The molecule has 29 heavy (non-hydrogen) atoms. The van der Waals surface area contributed by atoms with Crippen LogP contribution in [0.25, 0.3) is 0 Å². The van der Waals surface area contributed by atoms with Crippen LogP contribution in [0.1, 0.15) is 55.3 Å². The Hall–Kier alpha value is -2.28. The third kappa shape index (κ3) is 6.10. The molecule has 2 fully saturated rings. The molecule has 3 rings (SSSR count). The van der Waals surface area contributed by atoms with Crippen LogP contribution in [-0.2, 0) is 4.79 Å². The van der Waals surface area contributed by atoms with E-state index in [9.17, 15) is 9.59 Å². The molecule has 3 N–H and O–H groups in total. The van der Waals surface area contributed by atoms with Gasteiger partial charge in [0.05, 0.1) is 19.1 Å². The van der Waals surface area contributed by atoms with E-state index in [1.165, 1.54) is 12.8 Å². The fourth-order valence-electron chi connectivity index (χ4n) is 4.19. The van der Waals surface area contributed by atoms with Crippen molar-refractivity contribution in [2.24, 2.45) is 11.7 Å². The predicted octanol–water partition coefficient (Wildman–Crippen LogP) is 2.33. The number of methoxy groups -OCH3 is 1. The van der Waals surface area contributed by atoms with Crippen molar-refractivity contribution in [2.75, 3.05) is 33.3 Å². The summed E-state index contributed by atoms with van der Waals surface area (Å²) in [6.07, 6.45) is 7.50. The van der Waals surface area contributed by atoms with Crippen LogP contribution in [0.5, 0.6) is 11.5 Å². The molecule has 7 nitrogen and oxygen atoms in total. The van der Waals surface area contributed by atoms with Crippen LogP contribution in [0.15, 0.2) is 18.2 Å². The number of likely N-dealkylation sites (tertiary alicyclic amines) is 1. The van der Waals surface area contributed by atoms with Crippen LogP contribution >= 0.6 is 0 Å². The number of nitrogens with one attached hydrogen (secondary N) is 1. The van der Waals surface area contributed by atoms with Crippen molar-refractivity contribution in [1.82, 2.24) is 10.2 Å². The Morgan fingerprint density at radius 2 is 1.97 bits per heavy atom. The number of hydrogen-bond acceptors (Lipinski definition) is 5. The normalized spacial score (nSPS) is 20.4. The summed E-state index contributed by atoms with van der Waals surface area (Å²) in [4.78, 5) is 26.1. The molecule has 2 amide bonds. The second-order valence-electron chi connectivity index (χ2n) is 8.04. The second-order valence-corrected chi connectivity index (χ2v) is 8.04. The third-order valence-electron chi connectivity index (χ3n) is 5.87. The predicted molar refractivity (Wildman–Crippen MR) is 111 cm³/mol. The summed E-state index contributed by atoms with van der Waals surface area (Å²) in [6.45, 7) is 3.14. The van der Waals surface area contributed by atoms with Gasteiger partial charge in [-0.3, -0.25) is 9.59 Å². The molecule has 2 aliphatic rings. The van der Waals surface area contributed by atoms with E-state index in [1.807, 2.05) is 6.07 Å². The number of carbonyl (C=O) groups excluding carboxylic acids is 2. The molecular weight excluding hydrogens is 370 g/mol. The molecule has 7 heteroatoms. The highest BCUT2D eigenvalue weighted by molar-refractivity contribution is 5.94. The number of primary amides is 1. The monoisotopic (exact) mass is 403 g/mol. The van der Waals surface area contributed by atoms with Crippen molar-refractivity contribution in [3.05, 3.63) is 23.8 Å². The van der Waals surface area contributed by atoms with Crippen molar-refractivity contribution < 1.29 is 19.1 Å². The minimum absolute atomic E-state index is 0.0456. The van der Waals surface area contributed by atoms with Crippen molar-refractivity contribution >= 4 is 11.8 Å². The lowest BCUT2D eigenvalue weighted by molar-refractivity contribution is -0.123. The van der Waals surface area contributed by atoms with E-state index in [1.54, 1.807) is 19.2 Å². The van der Waals surface area contributed by atoms with Gasteiger partial charge in [-0.1, -0.05) is 0 Å². The lowest BCUT2D eigenvalue weighted by Gasteiger charge is -2.31. The van der Waals surface area contributed by atoms with Gasteiger partial charge in [0, 0.05) is 18.7 Å². The van der Waals surface area contributed by atoms with Crippen molar-refractivity contribution in [3.63, 3.8) is 0 Å². The zero-order chi connectivity index (χ0) is 20.6. The van der Waals surface area contributed by atoms with Crippen LogP contribution < -0.4 is 20.5 Å². The van der Waals surface area contributed by atoms with Gasteiger partial charge in [-0.05, 0) is 76.2 Å². The molecule has 160 valence electrons. The quantitative estimate of drug-likeness (QED) is 0.617. The van der Waals surface area contributed by atoms with Crippen LogP contribution in [0, 0.1) is 5.92 Å². The van der Waals surface area contributed by atoms with E-state index in [0.717, 1.165) is 51.7 Å². The summed E-state index contributed by atoms with van der Waals surface area (Å²) in [5.74, 6) is 0.915. The largest absolute Gasteiger partial charge is 0.493 e. The molecule has 1 atom stereocenters. The van der Waals surface area contributed by atoms with Crippen LogP contribution in [0.3, 0.4) is 0 Å². The topological polar surface area (TPSA) is 93.9 Å². The van der Waals surface area contributed by atoms with E-state index in [-0.39, 0.29) is 23.8 Å². The van der Waals surface area contributed by atoms with Crippen molar-refractivity contribution in [2.45, 2.75) is 51.0 Å². The van der Waals surface area contributed by atoms with Gasteiger partial charge < -0.3 is 25.4 Å². The smallest absolute Gasteiger partial charge is 0.251 e. The number of rotatable bonds is 9. The Morgan fingerprint density at radius 3 is 2.69 bits per heavy atom. The average molecular weight is 404 g/mol. The minimum Gasteiger partial charge on any atom is -0.493 e. The van der Waals surface area contributed by atoms with E-state index < -0.39 is 0 Å². The van der Waals surface area contributed by atoms with Gasteiger partial charge in [0.15, 0.2) is 11.5 Å². The maximum absolute atomic E-state index is 12.5.